The molecule has 1 fully saturated rings. The van der Waals surface area contributed by atoms with Crippen LogP contribution in [0.25, 0.3) is 0 Å². The molecule has 2 heterocycles. The molecular weight excluding hydrogens is 369 g/mol. The molecule has 7 heteroatoms. The van der Waals surface area contributed by atoms with Crippen LogP contribution in [0.1, 0.15) is 21.3 Å². The van der Waals surface area contributed by atoms with Crippen LogP contribution in [0.15, 0.2) is 30.3 Å². The zero-order chi connectivity index (χ0) is 15.0. The molecule has 0 N–H and O–H groups in total. The fourth-order valence-corrected chi connectivity index (χ4v) is 5.05. The number of thiophene rings is 1. The van der Waals surface area contributed by atoms with E-state index in [0.717, 1.165) is 11.3 Å². The molecule has 21 heavy (non-hydrogen) atoms. The van der Waals surface area contributed by atoms with Gasteiger partial charge in [0.1, 0.15) is 9.71 Å². The highest BCUT2D eigenvalue weighted by molar-refractivity contribution is 7.99. The van der Waals surface area contributed by atoms with Crippen LogP contribution in [0.4, 0.5) is 0 Å². The summed E-state index contributed by atoms with van der Waals surface area (Å²) in [4.78, 5) is 14.5. The van der Waals surface area contributed by atoms with Crippen LogP contribution in [0.3, 0.4) is 0 Å². The number of nitrogens with zero attached hydrogens (tertiary/aromatic N) is 1. The van der Waals surface area contributed by atoms with E-state index in [4.69, 9.17) is 34.8 Å². The molecule has 1 aliphatic rings. The molecule has 110 valence electrons. The second kappa shape index (κ2) is 6.39. The maximum atomic E-state index is 12.7. The third-order valence-electron chi connectivity index (χ3n) is 3.19. The number of carbonyl (C=O) groups is 1. The zero-order valence-corrected chi connectivity index (χ0v) is 14.6. The van der Waals surface area contributed by atoms with E-state index < -0.39 is 0 Å². The van der Waals surface area contributed by atoms with Crippen LogP contribution in [0, 0.1) is 0 Å². The number of hydrogen-bond donors (Lipinski definition) is 0. The van der Waals surface area contributed by atoms with Gasteiger partial charge < -0.3 is 4.90 Å². The van der Waals surface area contributed by atoms with Gasteiger partial charge in [-0.25, -0.2) is 0 Å². The van der Waals surface area contributed by atoms with Gasteiger partial charge in [-0.15, -0.1) is 23.1 Å². The van der Waals surface area contributed by atoms with Gasteiger partial charge in [-0.2, -0.15) is 0 Å². The van der Waals surface area contributed by atoms with Crippen molar-refractivity contribution in [2.24, 2.45) is 0 Å². The SMILES string of the molecule is O=C(c1cc(Cl)sc1Cl)N1CCSC1c1ccc(Cl)cc1. The average molecular weight is 379 g/mol. The molecule has 0 radical (unpaired) electrons. The topological polar surface area (TPSA) is 20.3 Å². The van der Waals surface area contributed by atoms with Crippen molar-refractivity contribution in [1.29, 1.82) is 0 Å². The Labute approximate surface area is 146 Å². The normalized spacial score (nSPS) is 18.2. The number of benzene rings is 1. The molecule has 3 rings (SSSR count). The van der Waals surface area contributed by atoms with E-state index >= 15 is 0 Å². The monoisotopic (exact) mass is 377 g/mol. The summed E-state index contributed by atoms with van der Waals surface area (Å²) in [6.07, 6.45) is 0. The van der Waals surface area contributed by atoms with Crippen LogP contribution in [-0.4, -0.2) is 23.1 Å². The van der Waals surface area contributed by atoms with Crippen molar-refractivity contribution in [3.63, 3.8) is 0 Å². The lowest BCUT2D eigenvalue weighted by Gasteiger charge is -2.24. The average Bonchev–Trinajstić information content (AvgIpc) is 3.05. The van der Waals surface area contributed by atoms with Crippen molar-refractivity contribution in [2.45, 2.75) is 5.37 Å². The van der Waals surface area contributed by atoms with E-state index in [9.17, 15) is 4.79 Å². The number of thioether (sulfide) groups is 1. The van der Waals surface area contributed by atoms with E-state index in [1.54, 1.807) is 17.8 Å². The second-order valence-electron chi connectivity index (χ2n) is 4.51. The molecule has 1 amide bonds. The Balaban J connectivity index is 1.88. The number of rotatable bonds is 2. The van der Waals surface area contributed by atoms with Gasteiger partial charge in [-0.3, -0.25) is 4.79 Å². The minimum Gasteiger partial charge on any atom is -0.322 e. The second-order valence-corrected chi connectivity index (χ2v) is 8.42. The summed E-state index contributed by atoms with van der Waals surface area (Å²) in [5.74, 6) is 0.822. The van der Waals surface area contributed by atoms with Crippen LogP contribution < -0.4 is 0 Å². The maximum absolute atomic E-state index is 12.7. The van der Waals surface area contributed by atoms with Gasteiger partial charge in [0.2, 0.25) is 0 Å². The number of carbonyl (C=O) groups excluding carboxylic acids is 1. The first-order valence-corrected chi connectivity index (χ1v) is 9.19. The third kappa shape index (κ3) is 3.20. The summed E-state index contributed by atoms with van der Waals surface area (Å²) < 4.78 is 0.968. The van der Waals surface area contributed by atoms with Crippen LogP contribution in [-0.2, 0) is 0 Å². The van der Waals surface area contributed by atoms with Crippen molar-refractivity contribution in [1.82, 2.24) is 4.90 Å². The Bertz CT molecular complexity index is 671. The fraction of sp³-hybridized carbons (Fsp3) is 0.214. The molecule has 2 nitrogen and oxygen atoms in total. The molecule has 0 bridgehead atoms. The van der Waals surface area contributed by atoms with E-state index in [1.165, 1.54) is 11.3 Å². The van der Waals surface area contributed by atoms with Gasteiger partial charge in [0.15, 0.2) is 0 Å². The largest absolute Gasteiger partial charge is 0.322 e. The van der Waals surface area contributed by atoms with Gasteiger partial charge in [0.05, 0.1) is 9.90 Å². The summed E-state index contributed by atoms with van der Waals surface area (Å²) >= 11 is 20.9. The van der Waals surface area contributed by atoms with Gasteiger partial charge in [-0.05, 0) is 23.8 Å². The zero-order valence-electron chi connectivity index (χ0n) is 10.7. The number of halogens is 3. The first-order valence-electron chi connectivity index (χ1n) is 6.19. The van der Waals surface area contributed by atoms with Gasteiger partial charge >= 0.3 is 0 Å². The van der Waals surface area contributed by atoms with Crippen LogP contribution in [0.2, 0.25) is 13.7 Å². The Hall–Kier alpha value is -0.390. The summed E-state index contributed by atoms with van der Waals surface area (Å²) in [7, 11) is 0. The summed E-state index contributed by atoms with van der Waals surface area (Å²) in [6.45, 7) is 0.695. The highest BCUT2D eigenvalue weighted by Gasteiger charge is 2.32. The molecule has 2 aromatic rings. The summed E-state index contributed by atoms with van der Waals surface area (Å²) in [6, 6.07) is 9.22. The third-order valence-corrected chi connectivity index (χ3v) is 6.19. The Morgan fingerprint density at radius 1 is 1.19 bits per heavy atom. The smallest absolute Gasteiger partial charge is 0.257 e. The molecule has 1 saturated heterocycles. The lowest BCUT2D eigenvalue weighted by molar-refractivity contribution is 0.0761. The van der Waals surface area contributed by atoms with Gasteiger partial charge in [-0.1, -0.05) is 46.9 Å². The predicted molar refractivity (Wildman–Crippen MR) is 92.0 cm³/mol. The molecular formula is C14H10Cl3NOS2. The van der Waals surface area contributed by atoms with Crippen molar-refractivity contribution in [3.8, 4) is 0 Å². The molecule has 0 saturated carbocycles. The number of hydrogen-bond acceptors (Lipinski definition) is 3. The van der Waals surface area contributed by atoms with Crippen molar-refractivity contribution < 1.29 is 4.79 Å². The van der Waals surface area contributed by atoms with Crippen molar-refractivity contribution in [3.05, 3.63) is 55.2 Å². The van der Waals surface area contributed by atoms with Crippen molar-refractivity contribution >= 4 is 63.8 Å². The summed E-state index contributed by atoms with van der Waals surface area (Å²) in [5, 5.41) is 0.678. The standard InChI is InChI=1S/C14H10Cl3NOS2/c15-9-3-1-8(2-4-9)14-18(5-6-20-14)13(19)10-7-11(16)21-12(10)17/h1-4,7,14H,5-6H2. The Morgan fingerprint density at radius 2 is 1.90 bits per heavy atom. The van der Waals surface area contributed by atoms with Crippen molar-refractivity contribution in [2.75, 3.05) is 12.3 Å². The predicted octanol–water partition coefficient (Wildman–Crippen LogP) is 5.60. The Morgan fingerprint density at radius 3 is 2.52 bits per heavy atom. The molecule has 1 aliphatic heterocycles. The first kappa shape index (κ1) is 15.5. The van der Waals surface area contributed by atoms with E-state index in [2.05, 4.69) is 0 Å². The number of amides is 1. The lowest BCUT2D eigenvalue weighted by Crippen LogP contribution is -2.30. The minimum atomic E-state index is -0.0758. The minimum absolute atomic E-state index is 0.00971. The molecule has 1 aromatic heterocycles. The molecule has 1 atom stereocenters. The van der Waals surface area contributed by atoms with Crippen LogP contribution in [0.5, 0.6) is 0 Å². The Kier molecular flexibility index (Phi) is 4.71. The first-order chi connectivity index (χ1) is 10.1. The molecule has 0 spiro atoms. The quantitative estimate of drug-likeness (QED) is 0.678. The lowest BCUT2D eigenvalue weighted by atomic mass is 10.2. The van der Waals surface area contributed by atoms with Gasteiger partial charge in [0.25, 0.3) is 5.91 Å². The van der Waals surface area contributed by atoms with E-state index in [1.807, 2.05) is 29.2 Å². The van der Waals surface area contributed by atoms with Gasteiger partial charge in [0, 0.05) is 17.3 Å². The van der Waals surface area contributed by atoms with E-state index in [-0.39, 0.29) is 11.3 Å². The fourth-order valence-electron chi connectivity index (χ4n) is 2.22. The maximum Gasteiger partial charge on any atom is 0.257 e. The van der Waals surface area contributed by atoms with E-state index in [0.29, 0.717) is 25.8 Å². The molecule has 0 aliphatic carbocycles. The molecule has 1 unspecified atom stereocenters. The molecule has 1 aromatic carbocycles. The summed E-state index contributed by atoms with van der Waals surface area (Å²) in [5.41, 5.74) is 1.54. The highest BCUT2D eigenvalue weighted by Crippen LogP contribution is 2.41. The highest BCUT2D eigenvalue weighted by atomic mass is 35.5. The van der Waals surface area contributed by atoms with Crippen LogP contribution >= 0.6 is 57.9 Å².